The van der Waals surface area contributed by atoms with Crippen molar-refractivity contribution in [1.82, 2.24) is 15.2 Å². The number of benzene rings is 1. The van der Waals surface area contributed by atoms with Crippen LogP contribution in [0.25, 0.3) is 0 Å². The van der Waals surface area contributed by atoms with Crippen LogP contribution in [0.2, 0.25) is 5.02 Å². The van der Waals surface area contributed by atoms with Gasteiger partial charge in [0, 0.05) is 31.4 Å². The molecule has 0 spiro atoms. The maximum absolute atomic E-state index is 12.6. The van der Waals surface area contributed by atoms with Gasteiger partial charge in [-0.2, -0.15) is 0 Å². The second kappa shape index (κ2) is 9.39. The number of hydrogen-bond donors (Lipinski definition) is 2. The van der Waals surface area contributed by atoms with Gasteiger partial charge in [0.25, 0.3) is 0 Å². The molecule has 2 aromatic rings. The van der Waals surface area contributed by atoms with E-state index in [2.05, 4.69) is 21.3 Å². The Morgan fingerprint density at radius 2 is 2.14 bits per heavy atom. The molecule has 0 bridgehead atoms. The van der Waals surface area contributed by atoms with Crippen molar-refractivity contribution in [3.8, 4) is 5.75 Å². The largest absolute Gasteiger partial charge is 0.506 e. The quantitative estimate of drug-likeness (QED) is 0.673. The lowest BCUT2D eigenvalue weighted by molar-refractivity contribution is -0.121. The number of rotatable bonds is 9. The first-order valence-electron chi connectivity index (χ1n) is 9.74. The van der Waals surface area contributed by atoms with E-state index in [0.29, 0.717) is 23.9 Å². The number of hydrogen-bond acceptors (Lipinski definition) is 4. The third kappa shape index (κ3) is 5.69. The van der Waals surface area contributed by atoms with Gasteiger partial charge in [0.1, 0.15) is 5.75 Å². The molecule has 0 saturated heterocycles. The van der Waals surface area contributed by atoms with E-state index in [-0.39, 0.29) is 23.6 Å². The van der Waals surface area contributed by atoms with Crippen LogP contribution in [0.5, 0.6) is 5.75 Å². The molecule has 0 aliphatic heterocycles. The zero-order valence-corrected chi connectivity index (χ0v) is 17.2. The highest BCUT2D eigenvalue weighted by atomic mass is 35.5. The first-order valence-corrected chi connectivity index (χ1v) is 10.1. The minimum atomic E-state index is 0.0799. The Bertz CT molecular complexity index is 794. The zero-order chi connectivity index (χ0) is 20.1. The second-order valence-corrected chi connectivity index (χ2v) is 8.25. The molecular weight excluding hydrogens is 374 g/mol. The van der Waals surface area contributed by atoms with Gasteiger partial charge >= 0.3 is 0 Å². The van der Waals surface area contributed by atoms with Crippen LogP contribution in [-0.2, 0) is 11.2 Å². The average molecular weight is 402 g/mol. The standard InChI is InChI=1S/C22H28ClN3O2/c1-26(2)18(10-15-5-8-21(27)20(23)11-15)14-25-22(28)12-19(16-6-7-16)17-4-3-9-24-13-17/h3-5,8-9,11,13,16,18-19,27H,6-7,10,12,14H2,1-2H3,(H,25,28)/t18-,19+/m0/s1. The lowest BCUT2D eigenvalue weighted by Gasteiger charge is -2.25. The highest BCUT2D eigenvalue weighted by Crippen LogP contribution is 2.44. The highest BCUT2D eigenvalue weighted by Gasteiger charge is 2.33. The molecule has 2 atom stereocenters. The summed E-state index contributed by atoms with van der Waals surface area (Å²) in [5.41, 5.74) is 2.19. The summed E-state index contributed by atoms with van der Waals surface area (Å²) < 4.78 is 0. The van der Waals surface area contributed by atoms with Gasteiger partial charge in [0.05, 0.1) is 5.02 Å². The minimum absolute atomic E-state index is 0.0799. The highest BCUT2D eigenvalue weighted by molar-refractivity contribution is 6.32. The Morgan fingerprint density at radius 1 is 1.36 bits per heavy atom. The summed E-state index contributed by atoms with van der Waals surface area (Å²) in [4.78, 5) is 18.9. The van der Waals surface area contributed by atoms with Crippen LogP contribution < -0.4 is 5.32 Å². The number of carbonyl (C=O) groups excluding carboxylic acids is 1. The maximum Gasteiger partial charge on any atom is 0.220 e. The number of likely N-dealkylation sites (N-methyl/N-ethyl adjacent to an activating group) is 1. The summed E-state index contributed by atoms with van der Waals surface area (Å²) in [7, 11) is 4.00. The molecule has 0 unspecified atom stereocenters. The third-order valence-corrected chi connectivity index (χ3v) is 5.76. The van der Waals surface area contributed by atoms with Crippen molar-refractivity contribution in [2.24, 2.45) is 5.92 Å². The van der Waals surface area contributed by atoms with Crippen molar-refractivity contribution < 1.29 is 9.90 Å². The summed E-state index contributed by atoms with van der Waals surface area (Å²) in [5, 5.41) is 13.0. The van der Waals surface area contributed by atoms with Crippen LogP contribution in [0, 0.1) is 5.92 Å². The Kier molecular flexibility index (Phi) is 6.92. The monoisotopic (exact) mass is 401 g/mol. The molecular formula is C22H28ClN3O2. The first kappa shape index (κ1) is 20.6. The number of aromatic hydroxyl groups is 1. The maximum atomic E-state index is 12.6. The van der Waals surface area contributed by atoms with Crippen LogP contribution >= 0.6 is 11.6 Å². The summed E-state index contributed by atoms with van der Waals surface area (Å²) in [6.45, 7) is 0.564. The van der Waals surface area contributed by atoms with Gasteiger partial charge in [0.15, 0.2) is 0 Å². The van der Waals surface area contributed by atoms with Crippen molar-refractivity contribution in [3.63, 3.8) is 0 Å². The number of phenols is 1. The van der Waals surface area contributed by atoms with Crippen LogP contribution in [0.3, 0.4) is 0 Å². The zero-order valence-electron chi connectivity index (χ0n) is 16.4. The molecule has 1 saturated carbocycles. The number of halogens is 1. The molecule has 1 heterocycles. The van der Waals surface area contributed by atoms with Gasteiger partial charge in [-0.05, 0) is 74.5 Å². The Balaban J connectivity index is 1.56. The molecule has 0 radical (unpaired) electrons. The second-order valence-electron chi connectivity index (χ2n) is 7.85. The summed E-state index contributed by atoms with van der Waals surface area (Å²) in [5.74, 6) is 1.01. The van der Waals surface area contributed by atoms with Crippen molar-refractivity contribution in [2.75, 3.05) is 20.6 Å². The number of nitrogens with one attached hydrogen (secondary N) is 1. The molecule has 150 valence electrons. The van der Waals surface area contributed by atoms with Gasteiger partial charge in [-0.25, -0.2) is 0 Å². The van der Waals surface area contributed by atoms with E-state index in [1.54, 1.807) is 18.3 Å². The van der Waals surface area contributed by atoms with Gasteiger partial charge in [0.2, 0.25) is 5.91 Å². The van der Waals surface area contributed by atoms with Gasteiger partial charge < -0.3 is 15.3 Å². The van der Waals surface area contributed by atoms with E-state index in [4.69, 9.17) is 11.6 Å². The van der Waals surface area contributed by atoms with Crippen LogP contribution in [0.15, 0.2) is 42.7 Å². The molecule has 3 rings (SSSR count). The van der Waals surface area contributed by atoms with E-state index >= 15 is 0 Å². The van der Waals surface area contributed by atoms with E-state index in [9.17, 15) is 9.90 Å². The normalized spacial score (nSPS) is 16.0. The molecule has 1 fully saturated rings. The van der Waals surface area contributed by atoms with Crippen LogP contribution in [0.4, 0.5) is 0 Å². The number of amides is 1. The summed E-state index contributed by atoms with van der Waals surface area (Å²) in [6.07, 6.45) is 7.27. The predicted molar refractivity (Wildman–Crippen MR) is 112 cm³/mol. The Morgan fingerprint density at radius 3 is 2.75 bits per heavy atom. The van der Waals surface area contributed by atoms with E-state index in [0.717, 1.165) is 17.5 Å². The molecule has 5 nitrogen and oxygen atoms in total. The van der Waals surface area contributed by atoms with Crippen LogP contribution in [-0.4, -0.2) is 47.6 Å². The fraction of sp³-hybridized carbons (Fsp3) is 0.455. The molecule has 1 aromatic carbocycles. The minimum Gasteiger partial charge on any atom is -0.506 e. The number of pyridine rings is 1. The molecule has 1 aliphatic rings. The molecule has 1 aliphatic carbocycles. The van der Waals surface area contributed by atoms with Crippen molar-refractivity contribution >= 4 is 17.5 Å². The van der Waals surface area contributed by atoms with E-state index in [1.165, 1.54) is 12.8 Å². The third-order valence-electron chi connectivity index (χ3n) is 5.46. The van der Waals surface area contributed by atoms with Crippen LogP contribution in [0.1, 0.15) is 36.3 Å². The van der Waals surface area contributed by atoms with Gasteiger partial charge in [-0.3, -0.25) is 9.78 Å². The van der Waals surface area contributed by atoms with Gasteiger partial charge in [-0.15, -0.1) is 0 Å². The summed E-state index contributed by atoms with van der Waals surface area (Å²) >= 11 is 6.02. The molecule has 2 N–H and O–H groups in total. The molecule has 1 aromatic heterocycles. The fourth-order valence-electron chi connectivity index (χ4n) is 3.54. The van der Waals surface area contributed by atoms with Crippen molar-refractivity contribution in [3.05, 3.63) is 58.9 Å². The predicted octanol–water partition coefficient (Wildman–Crippen LogP) is 3.61. The topological polar surface area (TPSA) is 65.5 Å². The number of nitrogens with zero attached hydrogens (tertiary/aromatic N) is 2. The number of phenolic OH excluding ortho intramolecular Hbond substituents is 1. The molecule has 6 heteroatoms. The Labute approximate surface area is 171 Å². The lowest BCUT2D eigenvalue weighted by Crippen LogP contribution is -2.42. The van der Waals surface area contributed by atoms with E-state index in [1.807, 2.05) is 32.4 Å². The smallest absolute Gasteiger partial charge is 0.220 e. The number of carbonyl (C=O) groups is 1. The fourth-order valence-corrected chi connectivity index (χ4v) is 3.74. The molecule has 28 heavy (non-hydrogen) atoms. The summed E-state index contributed by atoms with van der Waals surface area (Å²) in [6, 6.07) is 9.40. The molecule has 1 amide bonds. The van der Waals surface area contributed by atoms with E-state index < -0.39 is 0 Å². The average Bonchev–Trinajstić information content (AvgIpc) is 3.51. The van der Waals surface area contributed by atoms with Crippen molar-refractivity contribution in [2.45, 2.75) is 37.6 Å². The van der Waals surface area contributed by atoms with Crippen molar-refractivity contribution in [1.29, 1.82) is 0 Å². The van der Waals surface area contributed by atoms with Gasteiger partial charge in [-0.1, -0.05) is 23.7 Å². The Hall–Kier alpha value is -2.11. The lowest BCUT2D eigenvalue weighted by atomic mass is 9.92. The number of aromatic nitrogens is 1. The first-order chi connectivity index (χ1) is 13.4. The SMILES string of the molecule is CN(C)[C@H](CNC(=O)C[C@@H](c1cccnc1)C1CC1)Cc1ccc(O)c(Cl)c1.